The Hall–Kier alpha value is -1.14. The minimum Gasteiger partial charge on any atom is -0.480 e. The van der Waals surface area contributed by atoms with E-state index in [2.05, 4.69) is 10.2 Å². The third-order valence-electron chi connectivity index (χ3n) is 4.09. The molecule has 1 heterocycles. The van der Waals surface area contributed by atoms with Gasteiger partial charge in [-0.15, -0.1) is 0 Å². The van der Waals surface area contributed by atoms with Crippen molar-refractivity contribution < 1.29 is 19.4 Å². The molecule has 19 heavy (non-hydrogen) atoms. The molecule has 0 unspecified atom stereocenters. The first-order valence-electron chi connectivity index (χ1n) is 6.97. The highest BCUT2D eigenvalue weighted by Gasteiger charge is 2.50. The fraction of sp³-hybridized carbons (Fsp3) is 0.846. The number of hydrogen-bond donors (Lipinski definition) is 2. The molecule has 2 aliphatic rings. The van der Waals surface area contributed by atoms with Gasteiger partial charge in [-0.3, -0.25) is 14.5 Å². The molecular weight excluding hydrogens is 248 g/mol. The Morgan fingerprint density at radius 1 is 1.26 bits per heavy atom. The Balaban J connectivity index is 1.65. The van der Waals surface area contributed by atoms with Gasteiger partial charge in [-0.25, -0.2) is 0 Å². The van der Waals surface area contributed by atoms with Crippen LogP contribution in [0.2, 0.25) is 0 Å². The van der Waals surface area contributed by atoms with E-state index < -0.39 is 11.4 Å². The van der Waals surface area contributed by atoms with Crippen LogP contribution in [0.3, 0.4) is 0 Å². The number of hydrogen-bond acceptors (Lipinski definition) is 4. The maximum absolute atomic E-state index is 11.9. The maximum atomic E-state index is 11.9. The number of carbonyl (C=O) groups is 2. The molecule has 0 aromatic heterocycles. The number of carbonyl (C=O) groups excluding carboxylic acids is 1. The summed E-state index contributed by atoms with van der Waals surface area (Å²) >= 11 is 0. The first kappa shape index (κ1) is 14.3. The van der Waals surface area contributed by atoms with Crippen molar-refractivity contribution in [3.63, 3.8) is 0 Å². The summed E-state index contributed by atoms with van der Waals surface area (Å²) in [7, 11) is 0. The van der Waals surface area contributed by atoms with Crippen LogP contribution in [-0.2, 0) is 14.3 Å². The van der Waals surface area contributed by atoms with Crippen LogP contribution in [0.25, 0.3) is 0 Å². The number of carboxylic acid groups (broad SMARTS) is 1. The number of carboxylic acids is 1. The topological polar surface area (TPSA) is 78.9 Å². The van der Waals surface area contributed by atoms with Gasteiger partial charge < -0.3 is 15.2 Å². The third-order valence-corrected chi connectivity index (χ3v) is 4.09. The molecule has 2 fully saturated rings. The number of rotatable bonds is 6. The Bertz CT molecular complexity index is 336. The van der Waals surface area contributed by atoms with Gasteiger partial charge >= 0.3 is 5.97 Å². The average molecular weight is 270 g/mol. The molecular formula is C13H22N2O4. The molecule has 1 aliphatic carbocycles. The molecule has 6 heteroatoms. The van der Waals surface area contributed by atoms with Gasteiger partial charge in [0, 0.05) is 19.6 Å². The Labute approximate surface area is 113 Å². The Kier molecular flexibility index (Phi) is 4.76. The van der Waals surface area contributed by atoms with Gasteiger partial charge in [0.2, 0.25) is 5.91 Å². The van der Waals surface area contributed by atoms with Crippen LogP contribution in [0, 0.1) is 5.41 Å². The van der Waals surface area contributed by atoms with Crippen LogP contribution in [0.5, 0.6) is 0 Å². The smallest absolute Gasteiger partial charge is 0.319 e. The summed E-state index contributed by atoms with van der Waals surface area (Å²) in [5.41, 5.74) is -1.14. The van der Waals surface area contributed by atoms with Gasteiger partial charge in [-0.05, 0) is 25.8 Å². The summed E-state index contributed by atoms with van der Waals surface area (Å²) in [6, 6.07) is 0. The highest BCUT2D eigenvalue weighted by atomic mass is 16.5. The highest BCUT2D eigenvalue weighted by molar-refractivity contribution is 6.02. The van der Waals surface area contributed by atoms with E-state index in [0.29, 0.717) is 19.4 Å². The summed E-state index contributed by atoms with van der Waals surface area (Å²) in [6.45, 7) is 4.89. The lowest BCUT2D eigenvalue weighted by molar-refractivity contribution is -0.162. The molecule has 2 N–H and O–H groups in total. The van der Waals surface area contributed by atoms with E-state index in [-0.39, 0.29) is 5.91 Å². The van der Waals surface area contributed by atoms with Crippen LogP contribution < -0.4 is 5.32 Å². The monoisotopic (exact) mass is 270 g/mol. The van der Waals surface area contributed by atoms with E-state index in [1.165, 1.54) is 0 Å². The van der Waals surface area contributed by atoms with Gasteiger partial charge in [0.1, 0.15) is 5.41 Å². The summed E-state index contributed by atoms with van der Waals surface area (Å²) in [5, 5.41) is 11.9. The second kappa shape index (κ2) is 6.34. The lowest BCUT2D eigenvalue weighted by atomic mass is 9.68. The highest BCUT2D eigenvalue weighted by Crippen LogP contribution is 2.41. The molecule has 108 valence electrons. The quantitative estimate of drug-likeness (QED) is 0.528. The van der Waals surface area contributed by atoms with Gasteiger partial charge in [0.15, 0.2) is 0 Å². The van der Waals surface area contributed by atoms with Crippen LogP contribution in [0.15, 0.2) is 0 Å². The standard InChI is InChI=1S/C13H22N2O4/c16-11(13(12(17)18)3-1-4-13)14-5-2-6-15-7-9-19-10-8-15/h1-10H2,(H,14,16)(H,17,18). The molecule has 6 nitrogen and oxygen atoms in total. The minimum absolute atomic E-state index is 0.312. The van der Waals surface area contributed by atoms with Crippen LogP contribution in [0.1, 0.15) is 25.7 Å². The SMILES string of the molecule is O=C(O)C1(C(=O)NCCCN2CCOCC2)CCC1. The van der Waals surface area contributed by atoms with Crippen molar-refractivity contribution in [2.24, 2.45) is 5.41 Å². The third kappa shape index (κ3) is 3.25. The van der Waals surface area contributed by atoms with Crippen molar-refractivity contribution in [3.05, 3.63) is 0 Å². The van der Waals surface area contributed by atoms with E-state index in [9.17, 15) is 9.59 Å². The number of nitrogens with one attached hydrogen (secondary N) is 1. The van der Waals surface area contributed by atoms with Gasteiger partial charge in [0.25, 0.3) is 0 Å². The van der Waals surface area contributed by atoms with E-state index in [0.717, 1.165) is 45.7 Å². The van der Waals surface area contributed by atoms with E-state index in [1.54, 1.807) is 0 Å². The van der Waals surface area contributed by atoms with Crippen molar-refractivity contribution in [2.45, 2.75) is 25.7 Å². The minimum atomic E-state index is -1.14. The summed E-state index contributed by atoms with van der Waals surface area (Å²) in [6.07, 6.45) is 2.62. The predicted octanol–water partition coefficient (Wildman–Crippen LogP) is 0.0798. The van der Waals surface area contributed by atoms with Crippen molar-refractivity contribution in [1.29, 1.82) is 0 Å². The molecule has 1 saturated carbocycles. The fourth-order valence-electron chi connectivity index (χ4n) is 2.57. The Morgan fingerprint density at radius 3 is 2.47 bits per heavy atom. The molecule has 2 rings (SSSR count). The number of aliphatic carboxylic acids is 1. The van der Waals surface area contributed by atoms with Crippen LogP contribution in [-0.4, -0.2) is 61.3 Å². The maximum Gasteiger partial charge on any atom is 0.319 e. The lowest BCUT2D eigenvalue weighted by Gasteiger charge is -2.35. The fourth-order valence-corrected chi connectivity index (χ4v) is 2.57. The van der Waals surface area contributed by atoms with E-state index in [1.807, 2.05) is 0 Å². The second-order valence-electron chi connectivity index (χ2n) is 5.30. The summed E-state index contributed by atoms with van der Waals surface area (Å²) < 4.78 is 5.26. The normalized spacial score (nSPS) is 22.5. The molecule has 0 spiro atoms. The average Bonchev–Trinajstić information content (AvgIpc) is 2.34. The largest absolute Gasteiger partial charge is 0.480 e. The van der Waals surface area contributed by atoms with E-state index >= 15 is 0 Å². The summed E-state index contributed by atoms with van der Waals surface area (Å²) in [5.74, 6) is -1.29. The Morgan fingerprint density at radius 2 is 1.95 bits per heavy atom. The molecule has 0 atom stereocenters. The molecule has 0 radical (unpaired) electrons. The number of morpholine rings is 1. The predicted molar refractivity (Wildman–Crippen MR) is 68.8 cm³/mol. The molecule has 0 bridgehead atoms. The zero-order valence-corrected chi connectivity index (χ0v) is 11.2. The van der Waals surface area contributed by atoms with Gasteiger partial charge in [-0.2, -0.15) is 0 Å². The van der Waals surface area contributed by atoms with Gasteiger partial charge in [0.05, 0.1) is 13.2 Å². The molecule has 0 aromatic carbocycles. The van der Waals surface area contributed by atoms with E-state index in [4.69, 9.17) is 9.84 Å². The lowest BCUT2D eigenvalue weighted by Crippen LogP contribution is -2.51. The van der Waals surface area contributed by atoms with Crippen LogP contribution in [0.4, 0.5) is 0 Å². The van der Waals surface area contributed by atoms with Crippen molar-refractivity contribution in [1.82, 2.24) is 10.2 Å². The van der Waals surface area contributed by atoms with Gasteiger partial charge in [-0.1, -0.05) is 6.42 Å². The molecule has 1 saturated heterocycles. The first-order valence-corrected chi connectivity index (χ1v) is 6.97. The second-order valence-corrected chi connectivity index (χ2v) is 5.30. The molecule has 1 aliphatic heterocycles. The van der Waals surface area contributed by atoms with Crippen molar-refractivity contribution >= 4 is 11.9 Å². The molecule has 0 aromatic rings. The van der Waals surface area contributed by atoms with Crippen molar-refractivity contribution in [2.75, 3.05) is 39.4 Å². The summed E-state index contributed by atoms with van der Waals surface area (Å²) in [4.78, 5) is 25.4. The molecule has 1 amide bonds. The number of nitrogens with zero attached hydrogens (tertiary/aromatic N) is 1. The zero-order valence-electron chi connectivity index (χ0n) is 11.2. The van der Waals surface area contributed by atoms with Crippen molar-refractivity contribution in [3.8, 4) is 0 Å². The number of ether oxygens (including phenoxy) is 1. The zero-order chi connectivity index (χ0) is 13.7. The first-order chi connectivity index (χ1) is 9.15. The van der Waals surface area contributed by atoms with Crippen LogP contribution >= 0.6 is 0 Å². The number of amides is 1.